The highest BCUT2D eigenvalue weighted by Gasteiger charge is 2.30. The summed E-state index contributed by atoms with van der Waals surface area (Å²) in [5.41, 5.74) is 6.85. The fraction of sp³-hybridized carbons (Fsp3) is 0.263. The van der Waals surface area contributed by atoms with Gasteiger partial charge in [0.15, 0.2) is 0 Å². The number of nitrogens with zero attached hydrogens (tertiary/aromatic N) is 2. The summed E-state index contributed by atoms with van der Waals surface area (Å²) in [5.74, 6) is -0.309. The smallest absolute Gasteiger partial charge is 0.318 e. The zero-order valence-corrected chi connectivity index (χ0v) is 14.6. The van der Waals surface area contributed by atoms with Gasteiger partial charge in [-0.3, -0.25) is 9.69 Å². The Balaban J connectivity index is 2.08. The number of hydrogen-bond acceptors (Lipinski definition) is 2. The molecule has 3 amide bonds. The first kappa shape index (κ1) is 16.1. The van der Waals surface area contributed by atoms with Gasteiger partial charge in [0.05, 0.1) is 0 Å². The van der Waals surface area contributed by atoms with Gasteiger partial charge in [-0.15, -0.1) is 0 Å². The molecular formula is C19H21N3O2. The van der Waals surface area contributed by atoms with Crippen molar-refractivity contribution in [2.45, 2.75) is 27.7 Å². The second-order valence-electron chi connectivity index (χ2n) is 6.36. The number of rotatable bonds is 2. The molecule has 1 aliphatic rings. The summed E-state index contributed by atoms with van der Waals surface area (Å²) in [5, 5.41) is 2.61. The summed E-state index contributed by atoms with van der Waals surface area (Å²) >= 11 is 0. The van der Waals surface area contributed by atoms with Gasteiger partial charge in [0, 0.05) is 24.1 Å². The van der Waals surface area contributed by atoms with Crippen molar-refractivity contribution >= 4 is 18.0 Å². The number of nitrogens with one attached hydrogen (secondary N) is 1. The highest BCUT2D eigenvalue weighted by atomic mass is 16.2. The number of imide groups is 1. The van der Waals surface area contributed by atoms with E-state index in [0.29, 0.717) is 5.70 Å². The van der Waals surface area contributed by atoms with Gasteiger partial charge in [-0.2, -0.15) is 0 Å². The van der Waals surface area contributed by atoms with Crippen molar-refractivity contribution in [3.63, 3.8) is 0 Å². The number of amides is 3. The normalized spacial score (nSPS) is 16.2. The molecule has 1 saturated heterocycles. The Bertz CT molecular complexity index is 870. The first-order chi connectivity index (χ1) is 11.3. The standard InChI is InChI=1S/C19H21N3O2/c1-11-6-12(2)8-16(7-11)22-13(3)9-15(14(22)4)10-17-18(23)21(5)19(24)20-17/h6-10H,1-5H3,(H,20,24)/b17-10+. The molecule has 0 atom stereocenters. The van der Waals surface area contributed by atoms with Crippen LogP contribution in [0.1, 0.15) is 28.1 Å². The lowest BCUT2D eigenvalue weighted by atomic mass is 10.1. The molecule has 0 unspecified atom stereocenters. The molecule has 0 spiro atoms. The molecule has 1 aliphatic heterocycles. The summed E-state index contributed by atoms with van der Waals surface area (Å²) < 4.78 is 2.16. The van der Waals surface area contributed by atoms with E-state index in [4.69, 9.17) is 0 Å². The van der Waals surface area contributed by atoms with Crippen LogP contribution in [0.25, 0.3) is 11.8 Å². The Kier molecular flexibility index (Phi) is 3.79. The third-order valence-corrected chi connectivity index (χ3v) is 4.32. The van der Waals surface area contributed by atoms with Crippen LogP contribution in [0.5, 0.6) is 0 Å². The van der Waals surface area contributed by atoms with E-state index < -0.39 is 6.03 Å². The fourth-order valence-corrected chi connectivity index (χ4v) is 3.19. The molecule has 1 aromatic carbocycles. The Morgan fingerprint density at radius 3 is 2.12 bits per heavy atom. The van der Waals surface area contributed by atoms with Crippen molar-refractivity contribution < 1.29 is 9.59 Å². The van der Waals surface area contributed by atoms with E-state index in [9.17, 15) is 9.59 Å². The van der Waals surface area contributed by atoms with Gasteiger partial charge in [-0.25, -0.2) is 4.79 Å². The van der Waals surface area contributed by atoms with Gasteiger partial charge in [0.2, 0.25) is 0 Å². The minimum absolute atomic E-state index is 0.308. The maximum atomic E-state index is 12.0. The molecular weight excluding hydrogens is 302 g/mol. The van der Waals surface area contributed by atoms with E-state index in [1.165, 1.54) is 18.2 Å². The molecule has 0 saturated carbocycles. The summed E-state index contributed by atoms with van der Waals surface area (Å²) in [4.78, 5) is 24.7. The maximum Gasteiger partial charge on any atom is 0.328 e. The lowest BCUT2D eigenvalue weighted by molar-refractivity contribution is -0.121. The van der Waals surface area contributed by atoms with E-state index in [1.807, 2.05) is 19.9 Å². The minimum Gasteiger partial charge on any atom is -0.318 e. The average molecular weight is 323 g/mol. The van der Waals surface area contributed by atoms with Crippen LogP contribution in [0.15, 0.2) is 30.0 Å². The van der Waals surface area contributed by atoms with E-state index in [2.05, 4.69) is 41.9 Å². The van der Waals surface area contributed by atoms with Gasteiger partial charge in [0.1, 0.15) is 5.70 Å². The highest BCUT2D eigenvalue weighted by molar-refractivity contribution is 6.13. The van der Waals surface area contributed by atoms with Crippen LogP contribution < -0.4 is 5.32 Å². The van der Waals surface area contributed by atoms with E-state index in [1.54, 1.807) is 6.08 Å². The van der Waals surface area contributed by atoms with E-state index in [0.717, 1.165) is 27.5 Å². The van der Waals surface area contributed by atoms with Gasteiger partial charge in [-0.05, 0) is 68.7 Å². The molecule has 2 heterocycles. The third kappa shape index (κ3) is 2.62. The number of carbonyl (C=O) groups excluding carboxylic acids is 2. The second-order valence-corrected chi connectivity index (χ2v) is 6.36. The lowest BCUT2D eigenvalue weighted by Gasteiger charge is -2.12. The van der Waals surface area contributed by atoms with Crippen LogP contribution in [0.2, 0.25) is 0 Å². The number of likely N-dealkylation sites (N-methyl/N-ethyl adjacent to an activating group) is 1. The molecule has 1 N–H and O–H groups in total. The summed E-state index contributed by atoms with van der Waals surface area (Å²) in [6.07, 6.45) is 1.74. The average Bonchev–Trinajstić information content (AvgIpc) is 2.90. The fourth-order valence-electron chi connectivity index (χ4n) is 3.19. The van der Waals surface area contributed by atoms with Crippen molar-refractivity contribution in [3.05, 3.63) is 58.0 Å². The van der Waals surface area contributed by atoms with Gasteiger partial charge in [0.25, 0.3) is 5.91 Å². The summed E-state index contributed by atoms with van der Waals surface area (Å²) in [7, 11) is 1.47. The Labute approximate surface area is 141 Å². The van der Waals surface area contributed by atoms with Crippen molar-refractivity contribution in [2.24, 2.45) is 0 Å². The van der Waals surface area contributed by atoms with Crippen LogP contribution in [-0.2, 0) is 4.79 Å². The number of carbonyl (C=O) groups is 2. The molecule has 1 aromatic heterocycles. The molecule has 5 nitrogen and oxygen atoms in total. The summed E-state index contributed by atoms with van der Waals surface area (Å²) in [6.45, 7) is 8.21. The zero-order chi connectivity index (χ0) is 17.6. The number of hydrogen-bond donors (Lipinski definition) is 1. The monoisotopic (exact) mass is 323 g/mol. The Morgan fingerprint density at radius 2 is 1.58 bits per heavy atom. The largest absolute Gasteiger partial charge is 0.328 e. The SMILES string of the molecule is Cc1cc(C)cc(-n2c(C)cc(/C=C3/NC(=O)N(C)C3=O)c2C)c1. The maximum absolute atomic E-state index is 12.0. The number of aromatic nitrogens is 1. The molecule has 0 aliphatic carbocycles. The second kappa shape index (κ2) is 5.67. The number of aryl methyl sites for hydroxylation is 3. The molecule has 3 rings (SSSR count). The quantitative estimate of drug-likeness (QED) is 0.681. The van der Waals surface area contributed by atoms with Crippen molar-refractivity contribution in [1.29, 1.82) is 0 Å². The van der Waals surface area contributed by atoms with Gasteiger partial charge in [-0.1, -0.05) is 6.07 Å². The van der Waals surface area contributed by atoms with Crippen molar-refractivity contribution in [3.8, 4) is 5.69 Å². The highest BCUT2D eigenvalue weighted by Crippen LogP contribution is 2.25. The molecule has 124 valence electrons. The molecule has 5 heteroatoms. The molecule has 2 aromatic rings. The predicted octanol–water partition coefficient (Wildman–Crippen LogP) is 3.23. The first-order valence-corrected chi connectivity index (χ1v) is 7.86. The Morgan fingerprint density at radius 1 is 0.958 bits per heavy atom. The van der Waals surface area contributed by atoms with Crippen molar-refractivity contribution in [2.75, 3.05) is 7.05 Å². The molecule has 0 radical (unpaired) electrons. The molecule has 24 heavy (non-hydrogen) atoms. The van der Waals surface area contributed by atoms with Crippen LogP contribution >= 0.6 is 0 Å². The topological polar surface area (TPSA) is 54.3 Å². The number of benzene rings is 1. The zero-order valence-electron chi connectivity index (χ0n) is 14.6. The Hall–Kier alpha value is -2.82. The van der Waals surface area contributed by atoms with Crippen molar-refractivity contribution in [1.82, 2.24) is 14.8 Å². The lowest BCUT2D eigenvalue weighted by Crippen LogP contribution is -2.25. The van der Waals surface area contributed by atoms with Crippen LogP contribution in [0.4, 0.5) is 4.79 Å². The van der Waals surface area contributed by atoms with E-state index in [-0.39, 0.29) is 5.91 Å². The van der Waals surface area contributed by atoms with Crippen LogP contribution in [0, 0.1) is 27.7 Å². The van der Waals surface area contributed by atoms with Crippen LogP contribution in [-0.4, -0.2) is 28.5 Å². The first-order valence-electron chi connectivity index (χ1n) is 7.86. The summed E-state index contributed by atoms with van der Waals surface area (Å²) in [6, 6.07) is 8.05. The minimum atomic E-state index is -0.394. The van der Waals surface area contributed by atoms with E-state index >= 15 is 0 Å². The third-order valence-electron chi connectivity index (χ3n) is 4.32. The number of urea groups is 1. The van der Waals surface area contributed by atoms with Crippen LogP contribution in [0.3, 0.4) is 0 Å². The van der Waals surface area contributed by atoms with Gasteiger partial charge >= 0.3 is 6.03 Å². The molecule has 0 bridgehead atoms. The van der Waals surface area contributed by atoms with Gasteiger partial charge < -0.3 is 9.88 Å². The molecule has 1 fully saturated rings. The predicted molar refractivity (Wildman–Crippen MR) is 94.0 cm³/mol.